The van der Waals surface area contributed by atoms with Gasteiger partial charge in [0.05, 0.1) is 41.6 Å². The fourth-order valence-electron chi connectivity index (χ4n) is 4.93. The molecular formula is C31H24F3N5O2S. The molecule has 0 saturated heterocycles. The van der Waals surface area contributed by atoms with Gasteiger partial charge in [0, 0.05) is 46.8 Å². The topological polar surface area (TPSA) is 87.0 Å². The number of rotatable bonds is 8. The second-order valence-electron chi connectivity index (χ2n) is 9.45. The molecule has 3 heterocycles. The molecule has 11 heteroatoms. The molecule has 6 aromatic rings. The normalized spacial score (nSPS) is 11.5. The Hall–Kier alpha value is -4.77. The Labute approximate surface area is 242 Å². The molecule has 3 aromatic carbocycles. The van der Waals surface area contributed by atoms with Crippen LogP contribution in [0, 0.1) is 5.82 Å². The van der Waals surface area contributed by atoms with Crippen molar-refractivity contribution in [1.29, 1.82) is 0 Å². The summed E-state index contributed by atoms with van der Waals surface area (Å²) in [5.74, 6) is -0.620. The van der Waals surface area contributed by atoms with E-state index in [0.29, 0.717) is 39.2 Å². The zero-order chi connectivity index (χ0) is 29.4. The minimum Gasteiger partial charge on any atom is -0.455 e. The number of anilines is 1. The minimum atomic E-state index is -2.61. The molecular weight excluding hydrogens is 563 g/mol. The number of hydrogen-bond acceptors (Lipinski definition) is 6. The monoisotopic (exact) mass is 587 g/mol. The van der Waals surface area contributed by atoms with Gasteiger partial charge in [-0.05, 0) is 42.5 Å². The summed E-state index contributed by atoms with van der Waals surface area (Å²) < 4.78 is 48.6. The van der Waals surface area contributed by atoms with Gasteiger partial charge in [0.25, 0.3) is 12.3 Å². The quantitative estimate of drug-likeness (QED) is 0.179. The molecule has 212 valence electrons. The molecule has 0 bridgehead atoms. The number of benzene rings is 3. The number of carbonyl (C=O) groups is 1. The highest BCUT2D eigenvalue weighted by Gasteiger charge is 2.26. The average Bonchev–Trinajstić information content (AvgIpc) is 3.61. The number of nitrogens with zero attached hydrogens (tertiary/aromatic N) is 3. The van der Waals surface area contributed by atoms with Crippen LogP contribution in [0.3, 0.4) is 0 Å². The molecule has 7 nitrogen and oxygen atoms in total. The van der Waals surface area contributed by atoms with Gasteiger partial charge in [-0.25, -0.2) is 18.2 Å². The van der Waals surface area contributed by atoms with Crippen LogP contribution in [0.25, 0.3) is 55.8 Å². The second-order valence-corrected chi connectivity index (χ2v) is 10.3. The van der Waals surface area contributed by atoms with E-state index in [1.807, 2.05) is 30.3 Å². The van der Waals surface area contributed by atoms with E-state index >= 15 is 0 Å². The highest BCUT2D eigenvalue weighted by atomic mass is 32.2. The lowest BCUT2D eigenvalue weighted by molar-refractivity contribution is 0.0964. The standard InChI is InChI=1S/C31H24F3N5O2S/c1-35-31(40)29-21-12-20(24-14-36-15-25(38-24)23-11-18-5-3-4-6-22(18)37-23)26(39(42-2)16-28(33)34)13-27(21)41-30(29)17-7-9-19(32)10-8-17/h3-15,28,37H,16H2,1-2H3,(H,35,40). The third-order valence-corrected chi connectivity index (χ3v) is 7.66. The highest BCUT2D eigenvalue weighted by Crippen LogP contribution is 2.42. The summed E-state index contributed by atoms with van der Waals surface area (Å²) >= 11 is 1.13. The van der Waals surface area contributed by atoms with Crippen LogP contribution < -0.4 is 9.62 Å². The smallest absolute Gasteiger partial charge is 0.256 e. The summed E-state index contributed by atoms with van der Waals surface area (Å²) in [6.07, 6.45) is 2.26. The van der Waals surface area contributed by atoms with Gasteiger partial charge < -0.3 is 19.0 Å². The Balaban J connectivity index is 1.58. The van der Waals surface area contributed by atoms with Crippen LogP contribution in [-0.2, 0) is 0 Å². The van der Waals surface area contributed by atoms with Crippen LogP contribution in [0.2, 0.25) is 0 Å². The van der Waals surface area contributed by atoms with Crippen molar-refractivity contribution in [1.82, 2.24) is 20.3 Å². The molecule has 1 amide bonds. The summed E-state index contributed by atoms with van der Waals surface area (Å²) in [5.41, 5.74) is 4.60. The van der Waals surface area contributed by atoms with Crippen LogP contribution in [0.4, 0.5) is 18.9 Å². The van der Waals surface area contributed by atoms with E-state index in [0.717, 1.165) is 28.5 Å². The number of alkyl halides is 2. The number of halogens is 3. The van der Waals surface area contributed by atoms with Crippen molar-refractivity contribution < 1.29 is 22.4 Å². The van der Waals surface area contributed by atoms with Gasteiger partial charge in [0.1, 0.15) is 22.9 Å². The van der Waals surface area contributed by atoms with E-state index < -0.39 is 24.7 Å². The van der Waals surface area contributed by atoms with E-state index in [4.69, 9.17) is 9.40 Å². The minimum absolute atomic E-state index is 0.231. The molecule has 42 heavy (non-hydrogen) atoms. The first-order valence-corrected chi connectivity index (χ1v) is 14.1. The Morgan fingerprint density at radius 1 is 1.07 bits per heavy atom. The number of carbonyl (C=O) groups excluding carboxylic acids is 1. The van der Waals surface area contributed by atoms with Crippen LogP contribution in [0.5, 0.6) is 0 Å². The number of fused-ring (bicyclic) bond motifs is 2. The third kappa shape index (κ3) is 5.07. The number of furan rings is 1. The van der Waals surface area contributed by atoms with Gasteiger partial charge >= 0.3 is 0 Å². The van der Waals surface area contributed by atoms with E-state index in [9.17, 15) is 18.0 Å². The maximum Gasteiger partial charge on any atom is 0.256 e. The molecule has 0 aliphatic rings. The number of nitrogens with one attached hydrogen (secondary N) is 2. The zero-order valence-electron chi connectivity index (χ0n) is 22.5. The van der Waals surface area contributed by atoms with E-state index in [1.165, 1.54) is 35.6 Å². The van der Waals surface area contributed by atoms with Crippen molar-refractivity contribution in [2.75, 3.05) is 24.2 Å². The number of para-hydroxylation sites is 1. The molecule has 0 spiro atoms. The predicted octanol–water partition coefficient (Wildman–Crippen LogP) is 7.55. The van der Waals surface area contributed by atoms with Crippen LogP contribution in [-0.4, -0.2) is 47.1 Å². The van der Waals surface area contributed by atoms with E-state index in [1.54, 1.807) is 30.8 Å². The lowest BCUT2D eigenvalue weighted by Crippen LogP contribution is -2.22. The largest absolute Gasteiger partial charge is 0.455 e. The van der Waals surface area contributed by atoms with Crippen LogP contribution in [0.15, 0.2) is 83.5 Å². The Bertz CT molecular complexity index is 1890. The molecule has 2 N–H and O–H groups in total. The number of amides is 1. The summed E-state index contributed by atoms with van der Waals surface area (Å²) in [7, 11) is 1.50. The van der Waals surface area contributed by atoms with Gasteiger partial charge in [-0.2, -0.15) is 0 Å². The first-order valence-electron chi connectivity index (χ1n) is 12.9. The third-order valence-electron chi connectivity index (χ3n) is 6.88. The summed E-state index contributed by atoms with van der Waals surface area (Å²) in [6.45, 7) is -0.553. The first kappa shape index (κ1) is 27.4. The SMILES string of the molecule is CNC(=O)c1c(-c2ccc(F)cc2)oc2cc(N(CC(F)F)SC)c(-c3cncc(-c4cc5ccccc5[nH]4)n3)cc12. The number of H-pyrrole nitrogens is 1. The summed E-state index contributed by atoms with van der Waals surface area (Å²) in [6, 6.07) is 18.7. The highest BCUT2D eigenvalue weighted by molar-refractivity contribution is 8.00. The first-order chi connectivity index (χ1) is 20.4. The zero-order valence-corrected chi connectivity index (χ0v) is 23.3. The summed E-state index contributed by atoms with van der Waals surface area (Å²) in [5, 5.41) is 4.10. The van der Waals surface area contributed by atoms with Crippen LogP contribution in [0.1, 0.15) is 10.4 Å². The Morgan fingerprint density at radius 2 is 1.83 bits per heavy atom. The van der Waals surface area contributed by atoms with Gasteiger partial charge in [-0.1, -0.05) is 30.1 Å². The van der Waals surface area contributed by atoms with Crippen molar-refractivity contribution in [2.24, 2.45) is 0 Å². The van der Waals surface area contributed by atoms with Gasteiger partial charge in [-0.15, -0.1) is 0 Å². The molecule has 0 aliphatic carbocycles. The molecule has 0 atom stereocenters. The van der Waals surface area contributed by atoms with Crippen molar-refractivity contribution in [3.8, 4) is 34.0 Å². The molecule has 6 rings (SSSR count). The van der Waals surface area contributed by atoms with E-state index in [2.05, 4.69) is 15.3 Å². The second kappa shape index (κ2) is 11.2. The number of aromatic nitrogens is 3. The molecule has 0 unspecified atom stereocenters. The fraction of sp³-hybridized carbons (Fsp3) is 0.129. The van der Waals surface area contributed by atoms with Crippen molar-refractivity contribution in [2.45, 2.75) is 6.43 Å². The molecule has 0 radical (unpaired) electrons. The van der Waals surface area contributed by atoms with Gasteiger partial charge in [-0.3, -0.25) is 9.78 Å². The van der Waals surface area contributed by atoms with E-state index in [-0.39, 0.29) is 11.3 Å². The number of aromatic amines is 1. The maximum atomic E-state index is 13.7. The Kier molecular flexibility index (Phi) is 7.34. The lowest BCUT2D eigenvalue weighted by atomic mass is 10.0. The van der Waals surface area contributed by atoms with Crippen molar-refractivity contribution >= 4 is 45.4 Å². The van der Waals surface area contributed by atoms with Gasteiger partial charge in [0.15, 0.2) is 0 Å². The fourth-order valence-corrected chi connectivity index (χ4v) is 5.54. The summed E-state index contributed by atoms with van der Waals surface area (Å²) in [4.78, 5) is 25.8. The van der Waals surface area contributed by atoms with Gasteiger partial charge in [0.2, 0.25) is 0 Å². The predicted molar refractivity (Wildman–Crippen MR) is 160 cm³/mol. The maximum absolute atomic E-state index is 13.7. The lowest BCUT2D eigenvalue weighted by Gasteiger charge is -2.24. The molecule has 0 fully saturated rings. The molecule has 0 saturated carbocycles. The number of hydrogen-bond donors (Lipinski definition) is 2. The molecule has 3 aromatic heterocycles. The average molecular weight is 588 g/mol. The van der Waals surface area contributed by atoms with Crippen molar-refractivity contribution in [3.05, 3.63) is 90.5 Å². The van der Waals surface area contributed by atoms with Crippen molar-refractivity contribution in [3.63, 3.8) is 0 Å². The molecule has 0 aliphatic heterocycles. The van der Waals surface area contributed by atoms with Crippen LogP contribution >= 0.6 is 11.9 Å². The Morgan fingerprint density at radius 3 is 2.55 bits per heavy atom.